The minimum Gasteiger partial charge on any atom is -0.371 e. The quantitative estimate of drug-likeness (QED) is 0.885. The van der Waals surface area contributed by atoms with Crippen molar-refractivity contribution in [1.29, 1.82) is 0 Å². The highest BCUT2D eigenvalue weighted by molar-refractivity contribution is 6.03. The van der Waals surface area contributed by atoms with Crippen LogP contribution >= 0.6 is 0 Å². The van der Waals surface area contributed by atoms with E-state index in [1.807, 2.05) is 24.3 Å². The Balaban J connectivity index is 1.39. The lowest BCUT2D eigenvalue weighted by Crippen LogP contribution is -2.44. The summed E-state index contributed by atoms with van der Waals surface area (Å²) >= 11 is 0. The number of nitrogens with zero attached hydrogens (tertiary/aromatic N) is 4. The molecular weight excluding hydrogens is 350 g/mol. The van der Waals surface area contributed by atoms with E-state index in [9.17, 15) is 4.79 Å². The average molecular weight is 380 g/mol. The largest absolute Gasteiger partial charge is 0.371 e. The number of rotatable bonds is 4. The number of aromatic nitrogens is 1. The molecule has 2 fully saturated rings. The van der Waals surface area contributed by atoms with Crippen molar-refractivity contribution in [1.82, 2.24) is 9.88 Å². The Bertz CT molecular complexity index is 793. The normalized spacial score (nSPS) is 18.2. The van der Waals surface area contributed by atoms with E-state index in [2.05, 4.69) is 44.2 Å². The SMILES string of the molecule is CN1CCN(c2ccc(NC(=O)c3cc(N4CCCCC4)ccn3)cc2)CC1. The summed E-state index contributed by atoms with van der Waals surface area (Å²) < 4.78 is 0. The maximum absolute atomic E-state index is 12.7. The van der Waals surface area contributed by atoms with E-state index in [1.165, 1.54) is 24.9 Å². The van der Waals surface area contributed by atoms with Crippen LogP contribution in [0, 0.1) is 0 Å². The van der Waals surface area contributed by atoms with Crippen LogP contribution in [0.4, 0.5) is 17.1 Å². The lowest BCUT2D eigenvalue weighted by Gasteiger charge is -2.34. The molecule has 2 saturated heterocycles. The van der Waals surface area contributed by atoms with Crippen molar-refractivity contribution in [3.05, 3.63) is 48.3 Å². The van der Waals surface area contributed by atoms with E-state index >= 15 is 0 Å². The number of hydrogen-bond acceptors (Lipinski definition) is 5. The predicted octanol–water partition coefficient (Wildman–Crippen LogP) is 3.08. The molecule has 1 aromatic heterocycles. The van der Waals surface area contributed by atoms with Gasteiger partial charge in [0.15, 0.2) is 0 Å². The highest BCUT2D eigenvalue weighted by Crippen LogP contribution is 2.22. The molecule has 2 aliphatic rings. The van der Waals surface area contributed by atoms with Crippen molar-refractivity contribution >= 4 is 23.0 Å². The van der Waals surface area contributed by atoms with Gasteiger partial charge in [-0.3, -0.25) is 9.78 Å². The van der Waals surface area contributed by atoms with Crippen molar-refractivity contribution in [2.45, 2.75) is 19.3 Å². The lowest BCUT2D eigenvalue weighted by molar-refractivity contribution is 0.102. The minimum absolute atomic E-state index is 0.161. The van der Waals surface area contributed by atoms with E-state index in [-0.39, 0.29) is 5.91 Å². The van der Waals surface area contributed by atoms with E-state index in [0.717, 1.165) is 50.6 Å². The maximum atomic E-state index is 12.7. The molecule has 2 aromatic rings. The Labute approximate surface area is 167 Å². The topological polar surface area (TPSA) is 51.7 Å². The summed E-state index contributed by atoms with van der Waals surface area (Å²) in [6, 6.07) is 12.0. The molecule has 0 unspecified atom stereocenters. The van der Waals surface area contributed by atoms with Gasteiger partial charge in [-0.1, -0.05) is 0 Å². The van der Waals surface area contributed by atoms with E-state index in [0.29, 0.717) is 5.69 Å². The van der Waals surface area contributed by atoms with Crippen LogP contribution in [0.1, 0.15) is 29.8 Å². The second-order valence-electron chi connectivity index (χ2n) is 7.74. The molecule has 0 bridgehead atoms. The van der Waals surface area contributed by atoms with Gasteiger partial charge in [0.2, 0.25) is 0 Å². The number of hydrogen-bond donors (Lipinski definition) is 1. The zero-order valence-electron chi connectivity index (χ0n) is 16.6. The third-order valence-corrected chi connectivity index (χ3v) is 5.69. The van der Waals surface area contributed by atoms with E-state index in [1.54, 1.807) is 6.20 Å². The van der Waals surface area contributed by atoms with E-state index < -0.39 is 0 Å². The highest BCUT2D eigenvalue weighted by Gasteiger charge is 2.16. The number of piperazine rings is 1. The molecule has 1 amide bonds. The molecule has 148 valence electrons. The van der Waals surface area contributed by atoms with Crippen LogP contribution in [0.25, 0.3) is 0 Å². The first-order valence-electron chi connectivity index (χ1n) is 10.2. The van der Waals surface area contributed by atoms with Crippen molar-refractivity contribution in [2.24, 2.45) is 0 Å². The van der Waals surface area contributed by atoms with Crippen LogP contribution < -0.4 is 15.1 Å². The fourth-order valence-corrected chi connectivity index (χ4v) is 3.91. The van der Waals surface area contributed by atoms with Crippen LogP contribution in [-0.2, 0) is 0 Å². The highest BCUT2D eigenvalue weighted by atomic mass is 16.1. The van der Waals surface area contributed by atoms with Gasteiger partial charge in [0.25, 0.3) is 5.91 Å². The van der Waals surface area contributed by atoms with Crippen LogP contribution in [-0.4, -0.2) is 62.1 Å². The molecule has 28 heavy (non-hydrogen) atoms. The monoisotopic (exact) mass is 379 g/mol. The number of nitrogens with one attached hydrogen (secondary N) is 1. The number of pyridine rings is 1. The molecule has 0 spiro atoms. The number of amides is 1. The Morgan fingerprint density at radius 3 is 2.25 bits per heavy atom. The Hall–Kier alpha value is -2.60. The summed E-state index contributed by atoms with van der Waals surface area (Å²) in [5.41, 5.74) is 3.56. The fourth-order valence-electron chi connectivity index (χ4n) is 3.91. The lowest BCUT2D eigenvalue weighted by atomic mass is 10.1. The third-order valence-electron chi connectivity index (χ3n) is 5.69. The van der Waals surface area contributed by atoms with Gasteiger partial charge in [-0.05, 0) is 62.7 Å². The Kier molecular flexibility index (Phi) is 5.76. The van der Waals surface area contributed by atoms with E-state index in [4.69, 9.17) is 0 Å². The predicted molar refractivity (Wildman–Crippen MR) is 114 cm³/mol. The summed E-state index contributed by atoms with van der Waals surface area (Å²) in [4.78, 5) is 24.0. The molecule has 0 atom stereocenters. The standard InChI is InChI=1S/C22H29N5O/c1-25-13-15-27(16-14-25)19-7-5-18(6-8-19)24-22(28)21-17-20(9-10-23-21)26-11-3-2-4-12-26/h5-10,17H,2-4,11-16H2,1H3,(H,24,28). The second kappa shape index (κ2) is 8.61. The third kappa shape index (κ3) is 4.44. The molecule has 6 nitrogen and oxygen atoms in total. The number of carbonyl (C=O) groups excluding carboxylic acids is 1. The Morgan fingerprint density at radius 1 is 0.857 bits per heavy atom. The summed E-state index contributed by atoms with van der Waals surface area (Å²) in [7, 11) is 2.16. The van der Waals surface area contributed by atoms with Gasteiger partial charge < -0.3 is 20.0 Å². The van der Waals surface area contributed by atoms with Gasteiger partial charge in [0.05, 0.1) is 0 Å². The first kappa shape index (κ1) is 18.7. The van der Waals surface area contributed by atoms with Gasteiger partial charge >= 0.3 is 0 Å². The zero-order valence-corrected chi connectivity index (χ0v) is 16.6. The smallest absolute Gasteiger partial charge is 0.274 e. The average Bonchev–Trinajstić information content (AvgIpc) is 2.76. The van der Waals surface area contributed by atoms with Gasteiger partial charge in [0.1, 0.15) is 5.69 Å². The molecule has 4 rings (SSSR count). The fraction of sp³-hybridized carbons (Fsp3) is 0.455. The molecular formula is C22H29N5O. The first-order chi connectivity index (χ1) is 13.7. The summed E-state index contributed by atoms with van der Waals surface area (Å²) in [6.45, 7) is 6.34. The molecule has 0 saturated carbocycles. The van der Waals surface area contributed by atoms with Crippen LogP contribution in [0.5, 0.6) is 0 Å². The van der Waals surface area contributed by atoms with Crippen LogP contribution in [0.15, 0.2) is 42.6 Å². The summed E-state index contributed by atoms with van der Waals surface area (Å²) in [5, 5.41) is 2.98. The number of anilines is 3. The summed E-state index contributed by atoms with van der Waals surface area (Å²) in [5.74, 6) is -0.161. The molecule has 3 heterocycles. The molecule has 2 aliphatic heterocycles. The van der Waals surface area contributed by atoms with Crippen LogP contribution in [0.3, 0.4) is 0 Å². The van der Waals surface area contributed by atoms with Crippen molar-refractivity contribution in [3.63, 3.8) is 0 Å². The maximum Gasteiger partial charge on any atom is 0.274 e. The van der Waals surface area contributed by atoms with Crippen molar-refractivity contribution < 1.29 is 4.79 Å². The number of likely N-dealkylation sites (N-methyl/N-ethyl adjacent to an activating group) is 1. The zero-order chi connectivity index (χ0) is 19.3. The van der Waals surface area contributed by atoms with Crippen molar-refractivity contribution in [2.75, 3.05) is 61.4 Å². The summed E-state index contributed by atoms with van der Waals surface area (Å²) in [6.07, 6.45) is 5.45. The number of piperidine rings is 1. The first-order valence-corrected chi connectivity index (χ1v) is 10.2. The van der Waals surface area contributed by atoms with Crippen molar-refractivity contribution in [3.8, 4) is 0 Å². The second-order valence-corrected chi connectivity index (χ2v) is 7.74. The minimum atomic E-state index is -0.161. The van der Waals surface area contributed by atoms with Gasteiger partial charge in [-0.25, -0.2) is 0 Å². The van der Waals surface area contributed by atoms with Gasteiger partial charge in [0, 0.05) is 62.5 Å². The Morgan fingerprint density at radius 2 is 1.54 bits per heavy atom. The molecule has 0 radical (unpaired) electrons. The molecule has 1 N–H and O–H groups in total. The molecule has 6 heteroatoms. The molecule has 1 aromatic carbocycles. The molecule has 0 aliphatic carbocycles. The van der Waals surface area contributed by atoms with Gasteiger partial charge in [-0.2, -0.15) is 0 Å². The number of carbonyl (C=O) groups is 1. The van der Waals surface area contributed by atoms with Gasteiger partial charge in [-0.15, -0.1) is 0 Å². The number of benzene rings is 1. The van der Waals surface area contributed by atoms with Crippen LogP contribution in [0.2, 0.25) is 0 Å².